The van der Waals surface area contributed by atoms with E-state index in [2.05, 4.69) is 15.6 Å². The second-order valence-corrected chi connectivity index (χ2v) is 6.65. The van der Waals surface area contributed by atoms with Crippen LogP contribution in [0.2, 0.25) is 0 Å². The molecule has 0 bridgehead atoms. The Labute approximate surface area is 170 Å². The second-order valence-electron chi connectivity index (χ2n) is 6.65. The number of nitrogens with one attached hydrogen (secondary N) is 3. The van der Waals surface area contributed by atoms with E-state index in [1.165, 1.54) is 19.2 Å². The van der Waals surface area contributed by atoms with Gasteiger partial charge in [-0.2, -0.15) is 13.2 Å². The smallest absolute Gasteiger partial charge is 0.416 e. The summed E-state index contributed by atoms with van der Waals surface area (Å²) in [4.78, 5) is 27.5. The quantitative estimate of drug-likeness (QED) is 0.512. The lowest BCUT2D eigenvalue weighted by Gasteiger charge is -2.16. The zero-order valence-corrected chi connectivity index (χ0v) is 16.0. The van der Waals surface area contributed by atoms with Crippen LogP contribution in [0.25, 0.3) is 10.9 Å². The number of fused-ring (bicyclic) bond motifs is 1. The van der Waals surface area contributed by atoms with Crippen LogP contribution in [0.1, 0.15) is 11.1 Å². The molecule has 1 atom stereocenters. The highest BCUT2D eigenvalue weighted by Crippen LogP contribution is 2.30. The van der Waals surface area contributed by atoms with Crippen molar-refractivity contribution in [1.82, 2.24) is 10.3 Å². The summed E-state index contributed by atoms with van der Waals surface area (Å²) in [5.74, 6) is -1.13. The van der Waals surface area contributed by atoms with Crippen molar-refractivity contribution in [1.29, 1.82) is 0 Å². The Morgan fingerprint density at radius 1 is 1.13 bits per heavy atom. The van der Waals surface area contributed by atoms with Crippen LogP contribution in [-0.4, -0.2) is 36.6 Å². The maximum Gasteiger partial charge on any atom is 0.416 e. The van der Waals surface area contributed by atoms with Crippen LogP contribution in [0.4, 0.5) is 18.9 Å². The van der Waals surface area contributed by atoms with Gasteiger partial charge in [-0.15, -0.1) is 0 Å². The Morgan fingerprint density at radius 2 is 1.90 bits per heavy atom. The van der Waals surface area contributed by atoms with E-state index in [4.69, 9.17) is 4.74 Å². The summed E-state index contributed by atoms with van der Waals surface area (Å²) in [6, 6.07) is 11.1. The molecule has 3 aromatic rings. The Balaban J connectivity index is 1.65. The van der Waals surface area contributed by atoms with E-state index in [1.54, 1.807) is 6.20 Å². The van der Waals surface area contributed by atoms with Gasteiger partial charge in [-0.25, -0.2) is 0 Å². The molecule has 0 saturated carbocycles. The molecule has 0 saturated heterocycles. The number of amides is 1. The summed E-state index contributed by atoms with van der Waals surface area (Å²) >= 11 is 0. The van der Waals surface area contributed by atoms with Crippen molar-refractivity contribution in [3.63, 3.8) is 0 Å². The zero-order chi connectivity index (χ0) is 21.7. The maximum absolute atomic E-state index is 12.8. The first-order valence-electron chi connectivity index (χ1n) is 9.11. The Kier molecular flexibility index (Phi) is 6.41. The standard InChI is InChI=1S/C21H20F3N3O3/c1-30-20(29)18(9-13-11-25-17-8-3-2-7-16(13)17)26-12-19(28)27-15-6-4-5-14(10-15)21(22,23)24/h2-8,10-11,18,25-26H,9,12H2,1H3,(H,27,28). The minimum atomic E-state index is -4.51. The molecule has 9 heteroatoms. The van der Waals surface area contributed by atoms with Gasteiger partial charge in [-0.1, -0.05) is 24.3 Å². The van der Waals surface area contributed by atoms with Crippen LogP contribution in [0.15, 0.2) is 54.7 Å². The number of ether oxygens (including phenoxy) is 1. The molecule has 1 unspecified atom stereocenters. The van der Waals surface area contributed by atoms with Crippen molar-refractivity contribution in [3.05, 3.63) is 65.9 Å². The van der Waals surface area contributed by atoms with E-state index < -0.39 is 29.7 Å². The number of benzene rings is 2. The molecule has 1 aromatic heterocycles. The average molecular weight is 419 g/mol. The Hall–Kier alpha value is -3.33. The van der Waals surface area contributed by atoms with Crippen molar-refractivity contribution >= 4 is 28.5 Å². The fraction of sp³-hybridized carbons (Fsp3) is 0.238. The summed E-state index contributed by atoms with van der Waals surface area (Å²) in [5, 5.41) is 6.16. The lowest BCUT2D eigenvalue weighted by atomic mass is 10.0. The predicted octanol–water partition coefficient (Wildman–Crippen LogP) is 3.50. The highest BCUT2D eigenvalue weighted by atomic mass is 19.4. The molecule has 0 aliphatic rings. The molecule has 0 aliphatic carbocycles. The van der Waals surface area contributed by atoms with Crippen molar-refractivity contribution in [2.24, 2.45) is 0 Å². The van der Waals surface area contributed by atoms with Gasteiger partial charge in [0.2, 0.25) is 5.91 Å². The molecule has 2 aromatic carbocycles. The first kappa shape index (κ1) is 21.4. The third-order valence-electron chi connectivity index (χ3n) is 4.57. The predicted molar refractivity (Wildman–Crippen MR) is 106 cm³/mol. The van der Waals surface area contributed by atoms with Crippen molar-refractivity contribution in [2.75, 3.05) is 19.0 Å². The lowest BCUT2D eigenvalue weighted by Crippen LogP contribution is -2.43. The van der Waals surface area contributed by atoms with Crippen LogP contribution in [-0.2, 0) is 26.9 Å². The number of hydrogen-bond donors (Lipinski definition) is 3. The first-order chi connectivity index (χ1) is 14.3. The van der Waals surface area contributed by atoms with E-state index in [1.807, 2.05) is 24.3 Å². The highest BCUT2D eigenvalue weighted by Gasteiger charge is 2.30. The number of carbonyl (C=O) groups is 2. The summed E-state index contributed by atoms with van der Waals surface area (Å²) in [6.07, 6.45) is -2.45. The minimum Gasteiger partial charge on any atom is -0.468 e. The normalized spacial score (nSPS) is 12.5. The Bertz CT molecular complexity index is 1050. The van der Waals surface area contributed by atoms with Crippen molar-refractivity contribution in [2.45, 2.75) is 18.6 Å². The topological polar surface area (TPSA) is 83.2 Å². The summed E-state index contributed by atoms with van der Waals surface area (Å²) < 4.78 is 43.2. The van der Waals surface area contributed by atoms with Gasteiger partial charge >= 0.3 is 12.1 Å². The number of para-hydroxylation sites is 1. The number of anilines is 1. The number of halogens is 3. The number of carbonyl (C=O) groups excluding carboxylic acids is 2. The van der Waals surface area contributed by atoms with Gasteiger partial charge in [0.15, 0.2) is 0 Å². The van der Waals surface area contributed by atoms with Gasteiger partial charge in [0.1, 0.15) is 6.04 Å². The molecule has 3 rings (SSSR count). The van der Waals surface area contributed by atoms with Gasteiger partial charge in [0, 0.05) is 29.2 Å². The van der Waals surface area contributed by atoms with Crippen molar-refractivity contribution in [3.8, 4) is 0 Å². The third kappa shape index (κ3) is 5.18. The van der Waals surface area contributed by atoms with Gasteiger partial charge in [0.05, 0.1) is 19.2 Å². The fourth-order valence-electron chi connectivity index (χ4n) is 3.10. The summed E-state index contributed by atoms with van der Waals surface area (Å²) in [5.41, 5.74) is 0.938. The van der Waals surface area contributed by atoms with Crippen LogP contribution in [0.3, 0.4) is 0 Å². The molecule has 0 aliphatic heterocycles. The van der Waals surface area contributed by atoms with Crippen molar-refractivity contribution < 1.29 is 27.5 Å². The number of methoxy groups -OCH3 is 1. The molecule has 30 heavy (non-hydrogen) atoms. The largest absolute Gasteiger partial charge is 0.468 e. The molecule has 158 valence electrons. The van der Waals surface area contributed by atoms with E-state index in [-0.39, 0.29) is 18.7 Å². The second kappa shape index (κ2) is 9.00. The fourth-order valence-corrected chi connectivity index (χ4v) is 3.10. The summed E-state index contributed by atoms with van der Waals surface area (Å²) in [7, 11) is 1.24. The van der Waals surface area contributed by atoms with Crippen LogP contribution >= 0.6 is 0 Å². The van der Waals surface area contributed by atoms with E-state index in [0.29, 0.717) is 0 Å². The first-order valence-corrected chi connectivity index (χ1v) is 9.11. The molecular formula is C21H20F3N3O3. The van der Waals surface area contributed by atoms with Gasteiger partial charge < -0.3 is 15.0 Å². The number of aromatic nitrogens is 1. The minimum absolute atomic E-state index is 0.0165. The number of hydrogen-bond acceptors (Lipinski definition) is 4. The molecule has 1 amide bonds. The molecule has 0 fully saturated rings. The monoisotopic (exact) mass is 419 g/mol. The molecule has 6 nitrogen and oxygen atoms in total. The van der Waals surface area contributed by atoms with Gasteiger partial charge in [0.25, 0.3) is 0 Å². The SMILES string of the molecule is COC(=O)C(Cc1c[nH]c2ccccc12)NCC(=O)Nc1cccc(C(F)(F)F)c1. The molecular weight excluding hydrogens is 399 g/mol. The van der Waals surface area contributed by atoms with Crippen LogP contribution < -0.4 is 10.6 Å². The maximum atomic E-state index is 12.8. The van der Waals surface area contributed by atoms with Crippen LogP contribution in [0.5, 0.6) is 0 Å². The molecule has 0 radical (unpaired) electrons. The highest BCUT2D eigenvalue weighted by molar-refractivity contribution is 5.93. The summed E-state index contributed by atoms with van der Waals surface area (Å²) in [6.45, 7) is -0.279. The van der Waals surface area contributed by atoms with Gasteiger partial charge in [-0.05, 0) is 29.8 Å². The van der Waals surface area contributed by atoms with E-state index >= 15 is 0 Å². The molecule has 1 heterocycles. The number of H-pyrrole nitrogens is 1. The van der Waals surface area contributed by atoms with E-state index in [0.717, 1.165) is 28.6 Å². The van der Waals surface area contributed by atoms with Crippen LogP contribution in [0, 0.1) is 0 Å². The lowest BCUT2D eigenvalue weighted by molar-refractivity contribution is -0.143. The molecule has 0 spiro atoms. The van der Waals surface area contributed by atoms with E-state index in [9.17, 15) is 22.8 Å². The third-order valence-corrected chi connectivity index (χ3v) is 4.57. The zero-order valence-electron chi connectivity index (χ0n) is 16.0. The average Bonchev–Trinajstić information content (AvgIpc) is 3.13. The molecule has 3 N–H and O–H groups in total. The number of alkyl halides is 3. The number of aromatic amines is 1. The number of rotatable bonds is 7. The Morgan fingerprint density at radius 3 is 2.63 bits per heavy atom. The number of esters is 1. The van der Waals surface area contributed by atoms with Gasteiger partial charge in [-0.3, -0.25) is 14.9 Å².